The molecule has 4 aliphatic heterocycles. The van der Waals surface area contributed by atoms with Crippen molar-refractivity contribution in [2.45, 2.75) is 57.5 Å². The maximum absolute atomic E-state index is 12.9. The summed E-state index contributed by atoms with van der Waals surface area (Å²) < 4.78 is 5.40. The Morgan fingerprint density at radius 3 is 2.72 bits per heavy atom. The van der Waals surface area contributed by atoms with Gasteiger partial charge in [-0.25, -0.2) is 4.79 Å². The lowest BCUT2D eigenvalue weighted by molar-refractivity contribution is -0.145. The van der Waals surface area contributed by atoms with Crippen LogP contribution in [0, 0.1) is 18.8 Å². The van der Waals surface area contributed by atoms with Crippen LogP contribution in [0.3, 0.4) is 0 Å². The number of carbonyl (C=O) groups is 2. The number of urea groups is 1. The normalized spacial score (nSPS) is 28.9. The number of methoxy groups -OCH3 is 1. The Hall–Kier alpha value is -2.28. The molecule has 7 nitrogen and oxygen atoms in total. The Balaban J connectivity index is 1.16. The molecule has 5 rings (SSSR count). The van der Waals surface area contributed by atoms with E-state index >= 15 is 0 Å². The molecule has 7 heteroatoms. The maximum Gasteiger partial charge on any atom is 0.321 e. The van der Waals surface area contributed by atoms with Gasteiger partial charge in [0.15, 0.2) is 0 Å². The van der Waals surface area contributed by atoms with E-state index in [0.717, 1.165) is 69.7 Å². The van der Waals surface area contributed by atoms with Gasteiger partial charge in [-0.15, -0.1) is 0 Å². The summed E-state index contributed by atoms with van der Waals surface area (Å²) in [4.78, 5) is 32.1. The number of ether oxygens (including phenoxy) is 1. The van der Waals surface area contributed by atoms with Crippen molar-refractivity contribution in [2.75, 3.05) is 45.2 Å². The molecule has 2 bridgehead atoms. The van der Waals surface area contributed by atoms with Crippen LogP contribution in [0.25, 0.3) is 0 Å². The summed E-state index contributed by atoms with van der Waals surface area (Å²) in [6.07, 6.45) is 6.30. The smallest absolute Gasteiger partial charge is 0.321 e. The molecular weight excluding hydrogens is 404 g/mol. The second-order valence-electron chi connectivity index (χ2n) is 10.2. The van der Waals surface area contributed by atoms with E-state index in [1.54, 1.807) is 7.11 Å². The Kier molecular flexibility index (Phi) is 6.01. The van der Waals surface area contributed by atoms with Crippen molar-refractivity contribution < 1.29 is 14.3 Å². The minimum absolute atomic E-state index is 0.0424. The second-order valence-corrected chi connectivity index (χ2v) is 10.2. The minimum atomic E-state index is -0.0424. The predicted octanol–water partition coefficient (Wildman–Crippen LogP) is 3.33. The molecule has 1 aromatic rings. The topological polar surface area (TPSA) is 65.1 Å². The first kappa shape index (κ1) is 21.6. The molecule has 1 N–H and O–H groups in total. The number of likely N-dealkylation sites (tertiary alicyclic amines) is 2. The van der Waals surface area contributed by atoms with E-state index in [2.05, 4.69) is 15.1 Å². The zero-order valence-electron chi connectivity index (χ0n) is 19.4. The zero-order valence-corrected chi connectivity index (χ0v) is 19.4. The first-order valence-electron chi connectivity index (χ1n) is 12.3. The number of aryl methyl sites for hydroxylation is 1. The number of carbonyl (C=O) groups excluding carboxylic acids is 2. The number of nitrogens with one attached hydrogen (secondary N) is 1. The highest BCUT2D eigenvalue weighted by molar-refractivity contribution is 5.91. The van der Waals surface area contributed by atoms with Gasteiger partial charge in [-0.2, -0.15) is 0 Å². The standard InChI is InChI=1S/C25H36N4O3/c1-17-6-7-23(32-2)21(12-17)26-25(31)27-10-8-20(9-11-27)28-14-18-13-19(16-28)22-4-3-5-24(30)29(22)15-18/h6-7,12,18-20,22H,3-5,8-11,13-16H2,1-2H3,(H,26,31)/t18-,19-,22-/m1/s1. The fraction of sp³-hybridized carbons (Fsp3) is 0.680. The van der Waals surface area contributed by atoms with Crippen LogP contribution in [-0.2, 0) is 4.79 Å². The van der Waals surface area contributed by atoms with Gasteiger partial charge in [-0.05, 0) is 68.6 Å². The molecule has 0 aromatic heterocycles. The van der Waals surface area contributed by atoms with Crippen LogP contribution >= 0.6 is 0 Å². The van der Waals surface area contributed by atoms with E-state index in [0.29, 0.717) is 35.6 Å². The van der Waals surface area contributed by atoms with Crippen LogP contribution in [0.1, 0.15) is 44.1 Å². The summed E-state index contributed by atoms with van der Waals surface area (Å²) in [5.74, 6) is 2.31. The average Bonchev–Trinajstić information content (AvgIpc) is 2.80. The highest BCUT2D eigenvalue weighted by Gasteiger charge is 2.45. The van der Waals surface area contributed by atoms with Crippen molar-refractivity contribution in [2.24, 2.45) is 11.8 Å². The predicted molar refractivity (Wildman–Crippen MR) is 124 cm³/mol. The molecule has 4 saturated heterocycles. The van der Waals surface area contributed by atoms with Crippen molar-refractivity contribution >= 4 is 17.6 Å². The van der Waals surface area contributed by atoms with Crippen LogP contribution in [0.4, 0.5) is 10.5 Å². The van der Waals surface area contributed by atoms with Gasteiger partial charge in [-0.1, -0.05) is 6.07 Å². The van der Waals surface area contributed by atoms with Crippen LogP contribution in [0.5, 0.6) is 5.75 Å². The Morgan fingerprint density at radius 2 is 1.94 bits per heavy atom. The lowest BCUT2D eigenvalue weighted by Gasteiger charge is -2.54. The van der Waals surface area contributed by atoms with E-state index < -0.39 is 0 Å². The van der Waals surface area contributed by atoms with Crippen LogP contribution in [0.2, 0.25) is 0 Å². The Morgan fingerprint density at radius 1 is 1.12 bits per heavy atom. The van der Waals surface area contributed by atoms with E-state index in [9.17, 15) is 9.59 Å². The fourth-order valence-electron chi connectivity index (χ4n) is 6.49. The van der Waals surface area contributed by atoms with Crippen LogP contribution in [-0.4, -0.2) is 78.6 Å². The SMILES string of the molecule is COc1ccc(C)cc1NC(=O)N1CCC(N2C[C@H]3C[C@H](C2)[C@H]2CCCC(=O)N2C3)CC1. The van der Waals surface area contributed by atoms with Gasteiger partial charge in [0.2, 0.25) is 5.91 Å². The summed E-state index contributed by atoms with van der Waals surface area (Å²) in [5, 5.41) is 3.04. The molecule has 3 atom stereocenters. The van der Waals surface area contributed by atoms with Crippen molar-refractivity contribution in [1.82, 2.24) is 14.7 Å². The Labute approximate surface area is 191 Å². The number of hydrogen-bond acceptors (Lipinski definition) is 4. The van der Waals surface area contributed by atoms with Gasteiger partial charge < -0.3 is 19.9 Å². The molecule has 0 saturated carbocycles. The molecule has 3 amide bonds. The van der Waals surface area contributed by atoms with E-state index in [1.807, 2.05) is 30.0 Å². The molecule has 4 fully saturated rings. The van der Waals surface area contributed by atoms with Gasteiger partial charge in [0.05, 0.1) is 12.8 Å². The van der Waals surface area contributed by atoms with E-state index in [-0.39, 0.29) is 6.03 Å². The molecule has 0 radical (unpaired) electrons. The largest absolute Gasteiger partial charge is 0.495 e. The van der Waals surface area contributed by atoms with Gasteiger partial charge in [-0.3, -0.25) is 9.69 Å². The first-order chi connectivity index (χ1) is 15.5. The van der Waals surface area contributed by atoms with Gasteiger partial charge in [0, 0.05) is 51.2 Å². The molecule has 174 valence electrons. The van der Waals surface area contributed by atoms with Gasteiger partial charge in [0.1, 0.15) is 5.75 Å². The van der Waals surface area contributed by atoms with Crippen molar-refractivity contribution in [1.29, 1.82) is 0 Å². The van der Waals surface area contributed by atoms with Crippen molar-refractivity contribution in [3.05, 3.63) is 23.8 Å². The lowest BCUT2D eigenvalue weighted by Crippen LogP contribution is -2.62. The molecule has 4 heterocycles. The summed E-state index contributed by atoms with van der Waals surface area (Å²) in [6, 6.07) is 6.80. The number of nitrogens with zero attached hydrogens (tertiary/aromatic N) is 3. The van der Waals surface area contributed by atoms with Crippen molar-refractivity contribution in [3.8, 4) is 5.75 Å². The highest BCUT2D eigenvalue weighted by atomic mass is 16.5. The quantitative estimate of drug-likeness (QED) is 0.783. The molecule has 0 spiro atoms. The summed E-state index contributed by atoms with van der Waals surface area (Å²) >= 11 is 0. The summed E-state index contributed by atoms with van der Waals surface area (Å²) in [7, 11) is 1.63. The summed E-state index contributed by atoms with van der Waals surface area (Å²) in [6.45, 7) is 6.74. The maximum atomic E-state index is 12.9. The number of anilines is 1. The van der Waals surface area contributed by atoms with Crippen molar-refractivity contribution in [3.63, 3.8) is 0 Å². The minimum Gasteiger partial charge on any atom is -0.495 e. The van der Waals surface area contributed by atoms with E-state index in [4.69, 9.17) is 4.74 Å². The Bertz CT molecular complexity index is 867. The molecule has 1 aromatic carbocycles. The average molecular weight is 441 g/mol. The summed E-state index contributed by atoms with van der Waals surface area (Å²) in [5.41, 5.74) is 1.82. The fourth-order valence-corrected chi connectivity index (χ4v) is 6.49. The third-order valence-electron chi connectivity index (χ3n) is 8.07. The number of fused-ring (bicyclic) bond motifs is 4. The molecule has 32 heavy (non-hydrogen) atoms. The van der Waals surface area contributed by atoms with E-state index in [1.165, 1.54) is 12.8 Å². The molecule has 4 aliphatic rings. The number of benzene rings is 1. The zero-order chi connectivity index (χ0) is 22.2. The van der Waals surface area contributed by atoms with Gasteiger partial charge in [0.25, 0.3) is 0 Å². The van der Waals surface area contributed by atoms with Crippen LogP contribution < -0.4 is 10.1 Å². The number of piperidine rings is 4. The highest BCUT2D eigenvalue weighted by Crippen LogP contribution is 2.39. The third-order valence-corrected chi connectivity index (χ3v) is 8.07. The monoisotopic (exact) mass is 440 g/mol. The van der Waals surface area contributed by atoms with Gasteiger partial charge >= 0.3 is 6.03 Å². The number of hydrogen-bond donors (Lipinski definition) is 1. The molecule has 0 unspecified atom stereocenters. The number of amides is 3. The molecular formula is C25H36N4O3. The third kappa shape index (κ3) is 4.19. The van der Waals surface area contributed by atoms with Crippen LogP contribution in [0.15, 0.2) is 18.2 Å². The molecule has 0 aliphatic carbocycles. The first-order valence-corrected chi connectivity index (χ1v) is 12.3. The second kappa shape index (κ2) is 8.93. The number of rotatable bonds is 3. The lowest BCUT2D eigenvalue weighted by atomic mass is 9.75.